The monoisotopic (exact) mass is 376 g/mol. The zero-order valence-corrected chi connectivity index (χ0v) is 14.3. The predicted octanol–water partition coefficient (Wildman–Crippen LogP) is 3.58. The van der Waals surface area contributed by atoms with Crippen molar-refractivity contribution in [1.29, 1.82) is 0 Å². The number of anilines is 2. The van der Waals surface area contributed by atoms with E-state index < -0.39 is 0 Å². The van der Waals surface area contributed by atoms with Gasteiger partial charge in [-0.15, -0.1) is 0 Å². The van der Waals surface area contributed by atoms with Crippen molar-refractivity contribution in [3.8, 4) is 11.5 Å². The summed E-state index contributed by atoms with van der Waals surface area (Å²) in [6, 6.07) is 11.3. The second-order valence-corrected chi connectivity index (χ2v) is 6.10. The molecule has 0 radical (unpaired) electrons. The summed E-state index contributed by atoms with van der Waals surface area (Å²) in [5, 5.41) is 5.95. The van der Waals surface area contributed by atoms with E-state index in [9.17, 15) is 4.79 Å². The molecule has 0 aliphatic carbocycles. The van der Waals surface area contributed by atoms with Crippen molar-refractivity contribution in [1.82, 2.24) is 0 Å². The first kappa shape index (κ1) is 15.7. The topological polar surface area (TPSA) is 59.6 Å². The van der Waals surface area contributed by atoms with Gasteiger partial charge >= 0.3 is 0 Å². The maximum absolute atomic E-state index is 12.1. The van der Waals surface area contributed by atoms with Gasteiger partial charge in [0.2, 0.25) is 5.91 Å². The van der Waals surface area contributed by atoms with Gasteiger partial charge in [0.1, 0.15) is 13.2 Å². The molecular formula is C17H17BrN2O3. The molecule has 1 aliphatic heterocycles. The fourth-order valence-electron chi connectivity index (χ4n) is 2.25. The van der Waals surface area contributed by atoms with Crippen molar-refractivity contribution in [3.63, 3.8) is 0 Å². The van der Waals surface area contributed by atoms with E-state index in [-0.39, 0.29) is 12.5 Å². The Balaban J connectivity index is 1.58. The summed E-state index contributed by atoms with van der Waals surface area (Å²) in [6.45, 7) is 3.27. The number of aryl methyl sites for hydroxylation is 1. The largest absolute Gasteiger partial charge is 0.486 e. The number of amides is 1. The lowest BCUT2D eigenvalue weighted by Crippen LogP contribution is -2.22. The molecule has 0 atom stereocenters. The van der Waals surface area contributed by atoms with Crippen LogP contribution in [0.25, 0.3) is 0 Å². The molecule has 120 valence electrons. The molecule has 0 fully saturated rings. The van der Waals surface area contributed by atoms with Gasteiger partial charge in [0.25, 0.3) is 0 Å². The number of carbonyl (C=O) groups excluding carboxylic acids is 1. The van der Waals surface area contributed by atoms with E-state index in [1.165, 1.54) is 0 Å². The summed E-state index contributed by atoms with van der Waals surface area (Å²) in [4.78, 5) is 12.1. The molecule has 0 unspecified atom stereocenters. The molecule has 2 aromatic rings. The Morgan fingerprint density at radius 1 is 1.13 bits per heavy atom. The van der Waals surface area contributed by atoms with E-state index in [1.807, 2.05) is 43.3 Å². The van der Waals surface area contributed by atoms with Gasteiger partial charge in [0, 0.05) is 16.2 Å². The van der Waals surface area contributed by atoms with Gasteiger partial charge in [-0.1, -0.05) is 6.07 Å². The minimum atomic E-state index is -0.121. The minimum Gasteiger partial charge on any atom is -0.486 e. The molecule has 1 amide bonds. The normalized spacial score (nSPS) is 12.6. The van der Waals surface area contributed by atoms with Crippen LogP contribution in [-0.4, -0.2) is 25.7 Å². The smallest absolute Gasteiger partial charge is 0.243 e. The summed E-state index contributed by atoms with van der Waals surface area (Å²) < 4.78 is 11.9. The van der Waals surface area contributed by atoms with Gasteiger partial charge in [0.15, 0.2) is 11.5 Å². The number of fused-ring (bicyclic) bond motifs is 1. The summed E-state index contributed by atoms with van der Waals surface area (Å²) >= 11 is 3.45. The second-order valence-electron chi connectivity index (χ2n) is 5.24. The third-order valence-electron chi connectivity index (χ3n) is 3.39. The first-order valence-corrected chi connectivity index (χ1v) is 8.10. The van der Waals surface area contributed by atoms with Crippen LogP contribution in [0.5, 0.6) is 11.5 Å². The van der Waals surface area contributed by atoms with E-state index in [0.717, 1.165) is 27.2 Å². The van der Waals surface area contributed by atoms with E-state index in [4.69, 9.17) is 9.47 Å². The average Bonchev–Trinajstić information content (AvgIpc) is 2.55. The number of benzene rings is 2. The number of halogens is 1. The van der Waals surface area contributed by atoms with Crippen LogP contribution in [0.15, 0.2) is 40.9 Å². The third kappa shape index (κ3) is 3.96. The minimum absolute atomic E-state index is 0.121. The van der Waals surface area contributed by atoms with Crippen molar-refractivity contribution in [2.75, 3.05) is 30.4 Å². The number of ether oxygens (including phenoxy) is 2. The van der Waals surface area contributed by atoms with Crippen LogP contribution >= 0.6 is 15.9 Å². The van der Waals surface area contributed by atoms with Crippen LogP contribution in [0, 0.1) is 6.92 Å². The fraction of sp³-hybridized carbons (Fsp3) is 0.235. The van der Waals surface area contributed by atoms with Gasteiger partial charge in [-0.05, 0) is 52.7 Å². The Labute approximate surface area is 143 Å². The van der Waals surface area contributed by atoms with Gasteiger partial charge in [-0.25, -0.2) is 0 Å². The molecule has 3 rings (SSSR count). The lowest BCUT2D eigenvalue weighted by molar-refractivity contribution is -0.114. The van der Waals surface area contributed by atoms with E-state index in [0.29, 0.717) is 19.0 Å². The lowest BCUT2D eigenvalue weighted by atomic mass is 10.2. The third-order valence-corrected chi connectivity index (χ3v) is 4.05. The Morgan fingerprint density at radius 3 is 2.70 bits per heavy atom. The van der Waals surface area contributed by atoms with Crippen LogP contribution in [0.1, 0.15) is 5.56 Å². The maximum atomic E-state index is 12.1. The molecule has 0 saturated heterocycles. The quantitative estimate of drug-likeness (QED) is 0.855. The average molecular weight is 377 g/mol. The van der Waals surface area contributed by atoms with Crippen molar-refractivity contribution in [3.05, 3.63) is 46.4 Å². The standard InChI is InChI=1S/C17H17BrN2O3/c1-11-2-4-14(13(18)8-11)20-17(21)10-19-12-3-5-15-16(9-12)23-7-6-22-15/h2-5,8-9,19H,6-7,10H2,1H3,(H,20,21). The van der Waals surface area contributed by atoms with Crippen molar-refractivity contribution >= 4 is 33.2 Å². The second kappa shape index (κ2) is 6.91. The lowest BCUT2D eigenvalue weighted by Gasteiger charge is -2.19. The van der Waals surface area contributed by atoms with Crippen LogP contribution in [-0.2, 0) is 4.79 Å². The fourth-order valence-corrected chi connectivity index (χ4v) is 2.84. The zero-order chi connectivity index (χ0) is 16.2. The van der Waals surface area contributed by atoms with Crippen molar-refractivity contribution in [2.24, 2.45) is 0 Å². The highest BCUT2D eigenvalue weighted by Gasteiger charge is 2.12. The molecule has 6 heteroatoms. The first-order chi connectivity index (χ1) is 11.1. The highest BCUT2D eigenvalue weighted by atomic mass is 79.9. The molecule has 0 spiro atoms. The van der Waals surface area contributed by atoms with Crippen LogP contribution in [0.2, 0.25) is 0 Å². The molecule has 1 heterocycles. The van der Waals surface area contributed by atoms with Crippen LogP contribution < -0.4 is 20.1 Å². The number of nitrogens with one attached hydrogen (secondary N) is 2. The Hall–Kier alpha value is -2.21. The van der Waals surface area contributed by atoms with E-state index >= 15 is 0 Å². The predicted molar refractivity (Wildman–Crippen MR) is 93.4 cm³/mol. The molecule has 1 aliphatic rings. The molecule has 5 nitrogen and oxygen atoms in total. The highest BCUT2D eigenvalue weighted by Crippen LogP contribution is 2.32. The molecule has 2 N–H and O–H groups in total. The molecular weight excluding hydrogens is 360 g/mol. The highest BCUT2D eigenvalue weighted by molar-refractivity contribution is 9.10. The van der Waals surface area contributed by atoms with Gasteiger partial charge < -0.3 is 20.1 Å². The number of hydrogen-bond donors (Lipinski definition) is 2. The van der Waals surface area contributed by atoms with Crippen LogP contribution in [0.4, 0.5) is 11.4 Å². The van der Waals surface area contributed by atoms with E-state index in [2.05, 4.69) is 26.6 Å². The number of hydrogen-bond acceptors (Lipinski definition) is 4. The molecule has 0 saturated carbocycles. The summed E-state index contributed by atoms with van der Waals surface area (Å²) in [5.74, 6) is 1.31. The summed E-state index contributed by atoms with van der Waals surface area (Å²) in [7, 11) is 0. The van der Waals surface area contributed by atoms with Gasteiger partial charge in [-0.3, -0.25) is 4.79 Å². The number of rotatable bonds is 4. The molecule has 2 aromatic carbocycles. The Kier molecular flexibility index (Phi) is 4.71. The van der Waals surface area contributed by atoms with Crippen molar-refractivity contribution < 1.29 is 14.3 Å². The molecule has 23 heavy (non-hydrogen) atoms. The Morgan fingerprint density at radius 2 is 1.91 bits per heavy atom. The van der Waals surface area contributed by atoms with Gasteiger partial charge in [-0.2, -0.15) is 0 Å². The van der Waals surface area contributed by atoms with Crippen LogP contribution in [0.3, 0.4) is 0 Å². The SMILES string of the molecule is Cc1ccc(NC(=O)CNc2ccc3c(c2)OCCO3)c(Br)c1. The van der Waals surface area contributed by atoms with Gasteiger partial charge in [0.05, 0.1) is 12.2 Å². The molecule has 0 aromatic heterocycles. The van der Waals surface area contributed by atoms with Crippen molar-refractivity contribution in [2.45, 2.75) is 6.92 Å². The zero-order valence-electron chi connectivity index (χ0n) is 12.7. The Bertz CT molecular complexity index is 734. The molecule has 0 bridgehead atoms. The number of carbonyl (C=O) groups is 1. The summed E-state index contributed by atoms with van der Waals surface area (Å²) in [5.41, 5.74) is 2.70. The first-order valence-electron chi connectivity index (χ1n) is 7.31. The summed E-state index contributed by atoms with van der Waals surface area (Å²) in [6.07, 6.45) is 0. The maximum Gasteiger partial charge on any atom is 0.243 e. The van der Waals surface area contributed by atoms with E-state index in [1.54, 1.807) is 0 Å².